The van der Waals surface area contributed by atoms with Crippen LogP contribution >= 0.6 is 32.9 Å². The van der Waals surface area contributed by atoms with Crippen molar-refractivity contribution in [1.29, 1.82) is 0 Å². The summed E-state index contributed by atoms with van der Waals surface area (Å²) in [4.78, 5) is 39.4. The SMILES string of the molecule is Br.NC(CCC(=O)O)C(=O)Nc1ccc(Br)cc1C(=O)c1ccccn1. The minimum Gasteiger partial charge on any atom is -0.481 e. The lowest BCUT2D eigenvalue weighted by Crippen LogP contribution is -2.36. The topological polar surface area (TPSA) is 122 Å². The highest BCUT2D eigenvalue weighted by Gasteiger charge is 2.20. The van der Waals surface area contributed by atoms with E-state index < -0.39 is 17.9 Å². The van der Waals surface area contributed by atoms with Crippen LogP contribution in [-0.2, 0) is 9.59 Å². The molecule has 1 amide bonds. The average Bonchev–Trinajstić information content (AvgIpc) is 2.61. The summed E-state index contributed by atoms with van der Waals surface area (Å²) in [6, 6.07) is 8.80. The Hall–Kier alpha value is -2.10. The molecule has 0 aliphatic heterocycles. The fourth-order valence-corrected chi connectivity index (χ4v) is 2.44. The maximum absolute atomic E-state index is 12.6. The lowest BCUT2D eigenvalue weighted by Gasteiger charge is -2.14. The van der Waals surface area contributed by atoms with E-state index in [-0.39, 0.29) is 52.6 Å². The van der Waals surface area contributed by atoms with E-state index in [4.69, 9.17) is 10.8 Å². The molecule has 2 rings (SSSR count). The Morgan fingerprint density at radius 2 is 1.96 bits per heavy atom. The Kier molecular flexibility index (Phi) is 8.56. The third-order valence-electron chi connectivity index (χ3n) is 3.39. The highest BCUT2D eigenvalue weighted by Crippen LogP contribution is 2.23. The Morgan fingerprint density at radius 1 is 1.23 bits per heavy atom. The van der Waals surface area contributed by atoms with Crippen LogP contribution in [-0.4, -0.2) is 33.8 Å². The molecule has 0 aliphatic carbocycles. The molecular weight excluding hydrogens is 470 g/mol. The van der Waals surface area contributed by atoms with Crippen molar-refractivity contribution in [2.75, 3.05) is 5.32 Å². The number of nitrogens with zero attached hydrogens (tertiary/aromatic N) is 1. The second kappa shape index (κ2) is 10.1. The van der Waals surface area contributed by atoms with Gasteiger partial charge >= 0.3 is 5.97 Å². The first-order chi connectivity index (χ1) is 11.9. The molecule has 9 heteroatoms. The molecule has 1 aromatic heterocycles. The number of nitrogens with two attached hydrogens (primary N) is 1. The van der Waals surface area contributed by atoms with E-state index in [2.05, 4.69) is 26.2 Å². The molecule has 0 spiro atoms. The molecule has 2 aromatic rings. The van der Waals surface area contributed by atoms with Crippen LogP contribution in [0.25, 0.3) is 0 Å². The summed E-state index contributed by atoms with van der Waals surface area (Å²) in [6.45, 7) is 0. The summed E-state index contributed by atoms with van der Waals surface area (Å²) in [5.41, 5.74) is 6.48. The Morgan fingerprint density at radius 3 is 2.58 bits per heavy atom. The number of aromatic nitrogens is 1. The van der Waals surface area contributed by atoms with Crippen molar-refractivity contribution in [1.82, 2.24) is 4.98 Å². The number of anilines is 1. The number of hydrogen-bond acceptors (Lipinski definition) is 5. The second-order valence-corrected chi connectivity index (χ2v) is 6.18. The number of nitrogens with one attached hydrogen (secondary N) is 1. The monoisotopic (exact) mass is 485 g/mol. The molecule has 138 valence electrons. The van der Waals surface area contributed by atoms with Crippen molar-refractivity contribution in [2.24, 2.45) is 5.73 Å². The predicted molar refractivity (Wildman–Crippen MR) is 106 cm³/mol. The van der Waals surface area contributed by atoms with E-state index in [9.17, 15) is 14.4 Å². The molecule has 0 saturated heterocycles. The number of carbonyl (C=O) groups excluding carboxylic acids is 2. The van der Waals surface area contributed by atoms with Gasteiger partial charge in [0.2, 0.25) is 11.7 Å². The minimum absolute atomic E-state index is 0. The number of carboxylic acid groups (broad SMARTS) is 1. The summed E-state index contributed by atoms with van der Waals surface area (Å²) in [7, 11) is 0. The van der Waals surface area contributed by atoms with Gasteiger partial charge in [-0.25, -0.2) is 0 Å². The molecule has 0 saturated carbocycles. The number of aliphatic carboxylic acids is 1. The van der Waals surface area contributed by atoms with Crippen LogP contribution in [0.15, 0.2) is 47.1 Å². The summed E-state index contributed by atoms with van der Waals surface area (Å²) >= 11 is 3.30. The van der Waals surface area contributed by atoms with Crippen LogP contribution in [0, 0.1) is 0 Å². The van der Waals surface area contributed by atoms with Crippen LogP contribution < -0.4 is 11.1 Å². The van der Waals surface area contributed by atoms with E-state index in [1.54, 1.807) is 36.4 Å². The summed E-state index contributed by atoms with van der Waals surface area (Å²) in [5, 5.41) is 11.2. The lowest BCUT2D eigenvalue weighted by molar-refractivity contribution is -0.137. The molecule has 0 bridgehead atoms. The highest BCUT2D eigenvalue weighted by molar-refractivity contribution is 9.10. The maximum atomic E-state index is 12.6. The third-order valence-corrected chi connectivity index (χ3v) is 3.88. The molecule has 1 atom stereocenters. The summed E-state index contributed by atoms with van der Waals surface area (Å²) in [6.07, 6.45) is 1.29. The van der Waals surface area contributed by atoms with Crippen molar-refractivity contribution in [3.05, 3.63) is 58.3 Å². The number of carbonyl (C=O) groups is 3. The fraction of sp³-hybridized carbons (Fsp3) is 0.176. The van der Waals surface area contributed by atoms with Gasteiger partial charge in [-0.3, -0.25) is 19.4 Å². The number of benzene rings is 1. The highest BCUT2D eigenvalue weighted by atomic mass is 79.9. The number of carboxylic acids is 1. The molecule has 0 radical (unpaired) electrons. The van der Waals surface area contributed by atoms with Crippen molar-refractivity contribution < 1.29 is 19.5 Å². The standard InChI is InChI=1S/C17H16BrN3O4.BrH/c18-10-4-6-13(21-17(25)12(19)5-7-15(22)23)11(9-10)16(24)14-3-1-2-8-20-14;/h1-4,6,8-9,12H,5,7,19H2,(H,21,25)(H,22,23);1H. The number of rotatable bonds is 7. The van der Waals surface area contributed by atoms with Gasteiger partial charge in [-0.15, -0.1) is 17.0 Å². The second-order valence-electron chi connectivity index (χ2n) is 5.26. The quantitative estimate of drug-likeness (QED) is 0.517. The molecular formula is C17H17Br2N3O4. The van der Waals surface area contributed by atoms with Crippen molar-refractivity contribution >= 4 is 56.3 Å². The Bertz CT molecular complexity index is 800. The molecule has 1 unspecified atom stereocenters. The van der Waals surface area contributed by atoms with Gasteiger partial charge in [0, 0.05) is 22.7 Å². The first kappa shape index (κ1) is 21.9. The number of amides is 1. The van der Waals surface area contributed by atoms with Crippen molar-refractivity contribution in [2.45, 2.75) is 18.9 Å². The van der Waals surface area contributed by atoms with E-state index in [1.807, 2.05) is 0 Å². The number of hydrogen-bond donors (Lipinski definition) is 3. The van der Waals surface area contributed by atoms with E-state index >= 15 is 0 Å². The van der Waals surface area contributed by atoms with Gasteiger partial charge < -0.3 is 16.2 Å². The normalized spacial score (nSPS) is 11.2. The van der Waals surface area contributed by atoms with Crippen LogP contribution in [0.1, 0.15) is 28.9 Å². The molecule has 1 heterocycles. The van der Waals surface area contributed by atoms with Crippen LogP contribution in [0.4, 0.5) is 5.69 Å². The molecule has 1 aromatic carbocycles. The van der Waals surface area contributed by atoms with E-state index in [1.165, 1.54) is 6.20 Å². The van der Waals surface area contributed by atoms with Gasteiger partial charge in [-0.2, -0.15) is 0 Å². The van der Waals surface area contributed by atoms with E-state index in [0.29, 0.717) is 4.47 Å². The van der Waals surface area contributed by atoms with Crippen molar-refractivity contribution in [3.8, 4) is 0 Å². The average molecular weight is 487 g/mol. The lowest BCUT2D eigenvalue weighted by atomic mass is 10.0. The molecule has 0 aliphatic rings. The van der Waals surface area contributed by atoms with E-state index in [0.717, 1.165) is 0 Å². The maximum Gasteiger partial charge on any atom is 0.303 e. The van der Waals surface area contributed by atoms with Gasteiger partial charge in [0.25, 0.3) is 0 Å². The van der Waals surface area contributed by atoms with Gasteiger partial charge in [-0.1, -0.05) is 22.0 Å². The van der Waals surface area contributed by atoms with Crippen LogP contribution in [0.5, 0.6) is 0 Å². The third kappa shape index (κ3) is 6.01. The van der Waals surface area contributed by atoms with Crippen LogP contribution in [0.3, 0.4) is 0 Å². The van der Waals surface area contributed by atoms with Gasteiger partial charge in [0.1, 0.15) is 5.69 Å². The van der Waals surface area contributed by atoms with Crippen molar-refractivity contribution in [3.63, 3.8) is 0 Å². The first-order valence-electron chi connectivity index (χ1n) is 7.42. The predicted octanol–water partition coefficient (Wildman–Crippen LogP) is 2.78. The van der Waals surface area contributed by atoms with Gasteiger partial charge in [0.15, 0.2) is 0 Å². The molecule has 0 fully saturated rings. The molecule has 26 heavy (non-hydrogen) atoms. The fourth-order valence-electron chi connectivity index (χ4n) is 2.08. The smallest absolute Gasteiger partial charge is 0.303 e. The van der Waals surface area contributed by atoms with Crippen LogP contribution in [0.2, 0.25) is 0 Å². The van der Waals surface area contributed by atoms with Gasteiger partial charge in [-0.05, 0) is 36.8 Å². The zero-order valence-electron chi connectivity index (χ0n) is 13.5. The summed E-state index contributed by atoms with van der Waals surface area (Å²) in [5.74, 6) is -1.94. The first-order valence-corrected chi connectivity index (χ1v) is 8.21. The van der Waals surface area contributed by atoms with Gasteiger partial charge in [0.05, 0.1) is 11.7 Å². The number of ketones is 1. The zero-order chi connectivity index (χ0) is 18.4. The Balaban J connectivity index is 0.00000338. The molecule has 7 nitrogen and oxygen atoms in total. The zero-order valence-corrected chi connectivity index (χ0v) is 16.8. The summed E-state index contributed by atoms with van der Waals surface area (Å²) < 4.78 is 0.667. The Labute approximate surface area is 168 Å². The number of halogens is 2. The largest absolute Gasteiger partial charge is 0.481 e. The molecule has 4 N–H and O–H groups in total. The number of pyridine rings is 1. The minimum atomic E-state index is -1.03.